The van der Waals surface area contributed by atoms with Gasteiger partial charge in [-0.15, -0.1) is 6.58 Å². The second kappa shape index (κ2) is 12.6. The molecule has 0 saturated heterocycles. The molecule has 168 valence electrons. The van der Waals surface area contributed by atoms with Crippen molar-refractivity contribution in [2.75, 3.05) is 13.2 Å². The van der Waals surface area contributed by atoms with E-state index in [0.29, 0.717) is 12.0 Å². The van der Waals surface area contributed by atoms with Crippen molar-refractivity contribution in [2.24, 2.45) is 0 Å². The van der Waals surface area contributed by atoms with Gasteiger partial charge in [0.05, 0.1) is 13.2 Å². The monoisotopic (exact) mass is 492 g/mol. The maximum absolute atomic E-state index is 10.8. The van der Waals surface area contributed by atoms with Gasteiger partial charge in [0, 0.05) is 0 Å². The highest BCUT2D eigenvalue weighted by molar-refractivity contribution is 7.61. The molecule has 2 unspecified atom stereocenters. The summed E-state index contributed by atoms with van der Waals surface area (Å²) in [7, 11) is -19.4. The van der Waals surface area contributed by atoms with E-state index in [0.717, 1.165) is 5.57 Å². The van der Waals surface area contributed by atoms with E-state index < -0.39 is 31.3 Å². The minimum absolute atomic E-state index is 0.191. The zero-order chi connectivity index (χ0) is 22.8. The summed E-state index contributed by atoms with van der Waals surface area (Å²) in [6.45, 7) is 8.20. The molecule has 18 heteroatoms. The van der Waals surface area contributed by atoms with Crippen LogP contribution in [0.2, 0.25) is 0 Å². The van der Waals surface area contributed by atoms with Crippen LogP contribution in [0.1, 0.15) is 27.2 Å². The van der Waals surface area contributed by atoms with E-state index in [9.17, 15) is 18.3 Å². The van der Waals surface area contributed by atoms with E-state index in [4.69, 9.17) is 29.4 Å². The lowest BCUT2D eigenvalue weighted by Crippen LogP contribution is -1.96. The molecule has 0 amide bonds. The molecular formula is C10H24O14P4. The van der Waals surface area contributed by atoms with Gasteiger partial charge in [0.15, 0.2) is 0 Å². The van der Waals surface area contributed by atoms with Gasteiger partial charge in [-0.1, -0.05) is 17.2 Å². The molecule has 0 aliphatic rings. The van der Waals surface area contributed by atoms with Gasteiger partial charge in [0.2, 0.25) is 0 Å². The number of rotatable bonds is 11. The number of phosphoric acid groups is 4. The Kier molecular flexibility index (Phi) is 13.6. The minimum atomic E-state index is -5.01. The summed E-state index contributed by atoms with van der Waals surface area (Å²) in [5, 5.41) is 0. The van der Waals surface area contributed by atoms with Crippen LogP contribution in [-0.4, -0.2) is 42.6 Å². The summed E-state index contributed by atoms with van der Waals surface area (Å²) in [4.78, 5) is 50.4. The lowest BCUT2D eigenvalue weighted by Gasteiger charge is -2.11. The van der Waals surface area contributed by atoms with Crippen LogP contribution in [0.4, 0.5) is 0 Å². The summed E-state index contributed by atoms with van der Waals surface area (Å²) in [5.74, 6) is 0. The van der Waals surface area contributed by atoms with E-state index in [2.05, 4.69) is 24.2 Å². The van der Waals surface area contributed by atoms with Crippen LogP contribution in [0.3, 0.4) is 0 Å². The fourth-order valence-corrected chi connectivity index (χ4v) is 4.06. The average Bonchev–Trinajstić information content (AvgIpc) is 2.31. The van der Waals surface area contributed by atoms with Crippen LogP contribution >= 0.6 is 31.3 Å². The molecule has 0 saturated carbocycles. The molecule has 28 heavy (non-hydrogen) atoms. The molecule has 0 bridgehead atoms. The van der Waals surface area contributed by atoms with Crippen molar-refractivity contribution in [3.63, 3.8) is 0 Å². The maximum atomic E-state index is 10.8. The van der Waals surface area contributed by atoms with Crippen LogP contribution in [0.5, 0.6) is 0 Å². The minimum Gasteiger partial charge on any atom is -0.302 e. The summed E-state index contributed by atoms with van der Waals surface area (Å²) < 4.78 is 57.5. The molecule has 0 aliphatic carbocycles. The third kappa shape index (κ3) is 24.0. The van der Waals surface area contributed by atoms with Crippen LogP contribution in [0.25, 0.3) is 0 Å². The fraction of sp³-hybridized carbons (Fsp3) is 0.600. The molecule has 0 heterocycles. The molecular weight excluding hydrogens is 468 g/mol. The summed E-state index contributed by atoms with van der Waals surface area (Å²) >= 11 is 0. The van der Waals surface area contributed by atoms with Gasteiger partial charge in [-0.25, -0.2) is 18.3 Å². The van der Waals surface area contributed by atoms with E-state index in [1.807, 2.05) is 0 Å². The molecule has 0 fully saturated rings. The first-order chi connectivity index (χ1) is 12.2. The molecule has 0 rings (SSSR count). The Balaban J connectivity index is 0. The number of hydrogen-bond donors (Lipinski definition) is 6. The van der Waals surface area contributed by atoms with Crippen molar-refractivity contribution in [1.29, 1.82) is 0 Å². The van der Waals surface area contributed by atoms with Gasteiger partial charge in [0.1, 0.15) is 0 Å². The lowest BCUT2D eigenvalue weighted by molar-refractivity contribution is 0.179. The SMILES string of the molecule is C=C(C)CCOP(=O)(O)OP(=O)(O)O.CC(C)=CCOP(=O)(O)OP(=O)(O)O. The van der Waals surface area contributed by atoms with Crippen molar-refractivity contribution in [3.8, 4) is 0 Å². The molecule has 0 aromatic rings. The highest BCUT2D eigenvalue weighted by Crippen LogP contribution is 2.58. The van der Waals surface area contributed by atoms with E-state index in [1.54, 1.807) is 20.8 Å². The van der Waals surface area contributed by atoms with Gasteiger partial charge in [-0.2, -0.15) is 8.62 Å². The Morgan fingerprint density at radius 3 is 1.54 bits per heavy atom. The van der Waals surface area contributed by atoms with E-state index in [1.165, 1.54) is 6.08 Å². The highest BCUT2D eigenvalue weighted by Gasteiger charge is 2.32. The van der Waals surface area contributed by atoms with Crippen molar-refractivity contribution < 1.29 is 65.3 Å². The first-order valence-corrected chi connectivity index (χ1v) is 13.1. The lowest BCUT2D eigenvalue weighted by atomic mass is 10.3. The standard InChI is InChI=1S/2C5H12O7P2/c2*1-5(2)3-4-11-14(9,10)12-13(6,7)8/h3H,4H2,1-2H3,(H,9,10)(H2,6,7,8);1,3-4H2,2H3,(H,9,10)(H2,6,7,8). The van der Waals surface area contributed by atoms with Crippen molar-refractivity contribution in [1.82, 2.24) is 0 Å². The van der Waals surface area contributed by atoms with Crippen LogP contribution in [0, 0.1) is 0 Å². The topological polar surface area (TPSA) is 227 Å². The third-order valence-electron chi connectivity index (χ3n) is 1.93. The molecule has 0 radical (unpaired) electrons. The predicted octanol–water partition coefficient (Wildman–Crippen LogP) is 2.36. The summed E-state index contributed by atoms with van der Waals surface area (Å²) in [5.41, 5.74) is 1.54. The van der Waals surface area contributed by atoms with Gasteiger partial charge in [-0.3, -0.25) is 9.05 Å². The van der Waals surface area contributed by atoms with Crippen molar-refractivity contribution in [3.05, 3.63) is 23.8 Å². The highest BCUT2D eigenvalue weighted by atomic mass is 31.3. The van der Waals surface area contributed by atoms with Gasteiger partial charge >= 0.3 is 31.3 Å². The zero-order valence-electron chi connectivity index (χ0n) is 15.1. The summed E-state index contributed by atoms with van der Waals surface area (Å²) in [6, 6.07) is 0. The van der Waals surface area contributed by atoms with Gasteiger partial charge in [-0.05, 0) is 27.2 Å². The molecule has 2 atom stereocenters. The summed E-state index contributed by atoms with van der Waals surface area (Å²) in [6.07, 6.45) is 1.76. The Bertz CT molecular complexity index is 714. The first-order valence-electron chi connectivity index (χ1n) is 7.01. The first kappa shape index (κ1) is 30.2. The second-order valence-electron chi connectivity index (χ2n) is 5.20. The maximum Gasteiger partial charge on any atom is 0.481 e. The Hall–Kier alpha value is -0.0000000000000000971. The molecule has 0 spiro atoms. The normalized spacial score (nSPS) is 16.2. The van der Waals surface area contributed by atoms with Crippen molar-refractivity contribution >= 4 is 31.3 Å². The number of hydrogen-bond acceptors (Lipinski definition) is 8. The van der Waals surface area contributed by atoms with Crippen LogP contribution < -0.4 is 0 Å². The smallest absolute Gasteiger partial charge is 0.302 e. The Morgan fingerprint density at radius 1 is 0.821 bits per heavy atom. The zero-order valence-corrected chi connectivity index (χ0v) is 18.7. The fourth-order valence-electron chi connectivity index (χ4n) is 0.949. The van der Waals surface area contributed by atoms with Crippen LogP contribution in [-0.2, 0) is 35.9 Å². The molecule has 6 N–H and O–H groups in total. The molecule has 0 aromatic heterocycles. The Labute approximate surface area is 161 Å². The average molecular weight is 492 g/mol. The number of allylic oxidation sites excluding steroid dienone is 1. The van der Waals surface area contributed by atoms with Gasteiger partial charge in [0.25, 0.3) is 0 Å². The van der Waals surface area contributed by atoms with E-state index >= 15 is 0 Å². The molecule has 0 aromatic carbocycles. The predicted molar refractivity (Wildman–Crippen MR) is 96.7 cm³/mol. The van der Waals surface area contributed by atoms with Crippen LogP contribution in [0.15, 0.2) is 23.8 Å². The second-order valence-corrected chi connectivity index (χ2v) is 10.9. The van der Waals surface area contributed by atoms with E-state index in [-0.39, 0.29) is 13.2 Å². The van der Waals surface area contributed by atoms with Gasteiger partial charge < -0.3 is 29.4 Å². The Morgan fingerprint density at radius 2 is 1.21 bits per heavy atom. The quantitative estimate of drug-likeness (QED) is 0.180. The number of phosphoric ester groups is 2. The molecule has 14 nitrogen and oxygen atoms in total. The largest absolute Gasteiger partial charge is 0.481 e. The van der Waals surface area contributed by atoms with Crippen molar-refractivity contribution in [2.45, 2.75) is 27.2 Å². The third-order valence-corrected chi connectivity index (χ3v) is 6.27. The molecule has 0 aliphatic heterocycles.